The van der Waals surface area contributed by atoms with Crippen LogP contribution in [0.25, 0.3) is 0 Å². The molecule has 0 aromatic carbocycles. The first kappa shape index (κ1) is 8.53. The minimum absolute atomic E-state index is 0.218. The lowest BCUT2D eigenvalue weighted by atomic mass is 9.77. The topological polar surface area (TPSA) is 49.3 Å². The van der Waals surface area contributed by atoms with Crippen LogP contribution in [0.3, 0.4) is 0 Å². The molecule has 1 aliphatic heterocycles. The first-order chi connectivity index (χ1) is 5.09. The fourth-order valence-electron chi connectivity index (χ4n) is 1.63. The molecule has 11 heavy (non-hydrogen) atoms. The van der Waals surface area contributed by atoms with Gasteiger partial charge in [-0.1, -0.05) is 13.8 Å². The number of hydrogen-bond donors (Lipinski definition) is 2. The van der Waals surface area contributed by atoms with Crippen LogP contribution < -0.4 is 5.32 Å². The number of carboxylic acids is 1. The summed E-state index contributed by atoms with van der Waals surface area (Å²) in [5.41, 5.74) is -0.500. The number of aliphatic carboxylic acids is 1. The first-order valence-electron chi connectivity index (χ1n) is 4.04. The zero-order chi connectivity index (χ0) is 8.48. The summed E-state index contributed by atoms with van der Waals surface area (Å²) in [7, 11) is 0. The Labute approximate surface area is 66.8 Å². The molecule has 0 unspecified atom stereocenters. The largest absolute Gasteiger partial charge is 0.481 e. The Hall–Kier alpha value is -0.570. The van der Waals surface area contributed by atoms with Crippen molar-refractivity contribution in [3.8, 4) is 0 Å². The summed E-state index contributed by atoms with van der Waals surface area (Å²) in [6.45, 7) is 5.41. The van der Waals surface area contributed by atoms with Crippen LogP contribution in [0.5, 0.6) is 0 Å². The molecule has 1 aliphatic rings. The zero-order valence-corrected chi connectivity index (χ0v) is 7.05. The second kappa shape index (κ2) is 2.81. The van der Waals surface area contributed by atoms with Gasteiger partial charge in [-0.25, -0.2) is 0 Å². The summed E-state index contributed by atoms with van der Waals surface area (Å²) in [4.78, 5) is 10.9. The SMILES string of the molecule is CC(C)[C@@]1(C(=O)O)CCNC1. The second-order valence-electron chi connectivity index (χ2n) is 3.54. The molecule has 0 aliphatic carbocycles. The third-order valence-corrected chi connectivity index (χ3v) is 2.72. The van der Waals surface area contributed by atoms with Gasteiger partial charge in [0, 0.05) is 6.54 Å². The number of rotatable bonds is 2. The number of hydrogen-bond acceptors (Lipinski definition) is 2. The van der Waals surface area contributed by atoms with E-state index in [2.05, 4.69) is 5.32 Å². The Kier molecular flexibility index (Phi) is 2.18. The first-order valence-corrected chi connectivity index (χ1v) is 4.04. The van der Waals surface area contributed by atoms with Gasteiger partial charge in [0.1, 0.15) is 0 Å². The molecule has 1 atom stereocenters. The highest BCUT2D eigenvalue weighted by atomic mass is 16.4. The Balaban J connectivity index is 2.79. The molecule has 3 heteroatoms. The van der Waals surface area contributed by atoms with Gasteiger partial charge in [-0.3, -0.25) is 4.79 Å². The van der Waals surface area contributed by atoms with Crippen molar-refractivity contribution in [1.82, 2.24) is 5.32 Å². The second-order valence-corrected chi connectivity index (χ2v) is 3.54. The molecule has 64 valence electrons. The Bertz CT molecular complexity index is 159. The van der Waals surface area contributed by atoms with E-state index in [0.29, 0.717) is 6.54 Å². The maximum atomic E-state index is 10.9. The van der Waals surface area contributed by atoms with E-state index < -0.39 is 11.4 Å². The van der Waals surface area contributed by atoms with Crippen LogP contribution in [0.2, 0.25) is 0 Å². The van der Waals surface area contributed by atoms with Crippen molar-refractivity contribution in [3.05, 3.63) is 0 Å². The van der Waals surface area contributed by atoms with Crippen molar-refractivity contribution in [2.75, 3.05) is 13.1 Å². The average Bonchev–Trinajstić information content (AvgIpc) is 2.34. The Morgan fingerprint density at radius 2 is 2.27 bits per heavy atom. The summed E-state index contributed by atoms with van der Waals surface area (Å²) in [6.07, 6.45) is 0.764. The van der Waals surface area contributed by atoms with Crippen LogP contribution in [0.4, 0.5) is 0 Å². The van der Waals surface area contributed by atoms with E-state index in [9.17, 15) is 4.79 Å². The molecular formula is C8H15NO2. The van der Waals surface area contributed by atoms with E-state index in [1.165, 1.54) is 0 Å². The molecule has 0 amide bonds. The summed E-state index contributed by atoms with van der Waals surface area (Å²) in [6, 6.07) is 0. The van der Waals surface area contributed by atoms with Gasteiger partial charge in [0.05, 0.1) is 5.41 Å². The van der Waals surface area contributed by atoms with E-state index in [4.69, 9.17) is 5.11 Å². The fraction of sp³-hybridized carbons (Fsp3) is 0.875. The number of nitrogens with one attached hydrogen (secondary N) is 1. The average molecular weight is 157 g/mol. The minimum atomic E-state index is -0.655. The summed E-state index contributed by atoms with van der Waals surface area (Å²) in [5.74, 6) is -0.438. The van der Waals surface area contributed by atoms with Crippen molar-refractivity contribution in [2.24, 2.45) is 11.3 Å². The molecule has 1 fully saturated rings. The quantitative estimate of drug-likeness (QED) is 0.620. The number of carbonyl (C=O) groups is 1. The van der Waals surface area contributed by atoms with Gasteiger partial charge in [-0.05, 0) is 18.9 Å². The summed E-state index contributed by atoms with van der Waals surface area (Å²) >= 11 is 0. The fourth-order valence-corrected chi connectivity index (χ4v) is 1.63. The lowest BCUT2D eigenvalue weighted by Gasteiger charge is -2.27. The van der Waals surface area contributed by atoms with Crippen LogP contribution >= 0.6 is 0 Å². The van der Waals surface area contributed by atoms with Gasteiger partial charge in [-0.15, -0.1) is 0 Å². The molecule has 0 bridgehead atoms. The molecule has 1 rings (SSSR count). The van der Waals surface area contributed by atoms with Gasteiger partial charge >= 0.3 is 5.97 Å². The molecule has 0 radical (unpaired) electrons. The van der Waals surface area contributed by atoms with Gasteiger partial charge in [0.25, 0.3) is 0 Å². The van der Waals surface area contributed by atoms with Crippen molar-refractivity contribution < 1.29 is 9.90 Å². The predicted molar refractivity (Wildman–Crippen MR) is 42.4 cm³/mol. The molecule has 3 nitrogen and oxygen atoms in total. The van der Waals surface area contributed by atoms with Crippen molar-refractivity contribution in [1.29, 1.82) is 0 Å². The molecule has 1 heterocycles. The van der Waals surface area contributed by atoms with E-state index in [1.54, 1.807) is 0 Å². The van der Waals surface area contributed by atoms with Gasteiger partial charge in [0.15, 0.2) is 0 Å². The van der Waals surface area contributed by atoms with Crippen LogP contribution in [0.15, 0.2) is 0 Å². The van der Waals surface area contributed by atoms with Crippen molar-refractivity contribution in [3.63, 3.8) is 0 Å². The van der Waals surface area contributed by atoms with E-state index >= 15 is 0 Å². The smallest absolute Gasteiger partial charge is 0.311 e. The van der Waals surface area contributed by atoms with Crippen LogP contribution in [0, 0.1) is 11.3 Å². The lowest BCUT2D eigenvalue weighted by Crippen LogP contribution is -2.38. The van der Waals surface area contributed by atoms with Gasteiger partial charge in [0.2, 0.25) is 0 Å². The third kappa shape index (κ3) is 1.25. The molecule has 0 saturated carbocycles. The maximum absolute atomic E-state index is 10.9. The van der Waals surface area contributed by atoms with Crippen LogP contribution in [-0.2, 0) is 4.79 Å². The van der Waals surface area contributed by atoms with E-state index in [0.717, 1.165) is 13.0 Å². The van der Waals surface area contributed by atoms with Crippen LogP contribution in [-0.4, -0.2) is 24.2 Å². The maximum Gasteiger partial charge on any atom is 0.311 e. The molecule has 2 N–H and O–H groups in total. The third-order valence-electron chi connectivity index (χ3n) is 2.72. The highest BCUT2D eigenvalue weighted by molar-refractivity contribution is 5.75. The Morgan fingerprint density at radius 3 is 2.45 bits per heavy atom. The molecular weight excluding hydrogens is 142 g/mol. The molecule has 0 aromatic rings. The Morgan fingerprint density at radius 1 is 1.64 bits per heavy atom. The van der Waals surface area contributed by atoms with Crippen LogP contribution in [0.1, 0.15) is 20.3 Å². The van der Waals surface area contributed by atoms with Gasteiger partial charge in [-0.2, -0.15) is 0 Å². The van der Waals surface area contributed by atoms with Crippen molar-refractivity contribution >= 4 is 5.97 Å². The molecule has 1 saturated heterocycles. The predicted octanol–water partition coefficient (Wildman–Crippen LogP) is 0.707. The lowest BCUT2D eigenvalue weighted by molar-refractivity contribution is -0.150. The summed E-state index contributed by atoms with van der Waals surface area (Å²) in [5, 5.41) is 12.1. The molecule has 0 aromatic heterocycles. The van der Waals surface area contributed by atoms with Gasteiger partial charge < -0.3 is 10.4 Å². The van der Waals surface area contributed by atoms with Crippen molar-refractivity contribution in [2.45, 2.75) is 20.3 Å². The highest BCUT2D eigenvalue weighted by Crippen LogP contribution is 2.33. The normalized spacial score (nSPS) is 31.2. The summed E-state index contributed by atoms with van der Waals surface area (Å²) < 4.78 is 0. The number of carboxylic acid groups (broad SMARTS) is 1. The zero-order valence-electron chi connectivity index (χ0n) is 7.05. The minimum Gasteiger partial charge on any atom is -0.481 e. The van der Waals surface area contributed by atoms with E-state index in [1.807, 2.05) is 13.8 Å². The standard InChI is InChI=1S/C8H15NO2/c1-6(2)8(7(10)11)3-4-9-5-8/h6,9H,3-5H2,1-2H3,(H,10,11)/t8-/m1/s1. The highest BCUT2D eigenvalue weighted by Gasteiger charge is 2.43. The molecule has 0 spiro atoms. The van der Waals surface area contributed by atoms with E-state index in [-0.39, 0.29) is 5.92 Å². The monoisotopic (exact) mass is 157 g/mol.